The third-order valence-corrected chi connectivity index (χ3v) is 5.45. The van der Waals surface area contributed by atoms with Gasteiger partial charge in [-0.1, -0.05) is 22.0 Å². The van der Waals surface area contributed by atoms with E-state index in [-0.39, 0.29) is 11.8 Å². The van der Waals surface area contributed by atoms with Crippen LogP contribution in [0, 0.1) is 0 Å². The van der Waals surface area contributed by atoms with E-state index in [1.165, 1.54) is 17.3 Å². The third-order valence-electron chi connectivity index (χ3n) is 4.06. The fourth-order valence-electron chi connectivity index (χ4n) is 2.82. The lowest BCUT2D eigenvalue weighted by Gasteiger charge is -2.26. The van der Waals surface area contributed by atoms with Crippen molar-refractivity contribution in [3.05, 3.63) is 28.2 Å². The Balaban J connectivity index is 1.49. The molecule has 0 N–H and O–H groups in total. The van der Waals surface area contributed by atoms with E-state index in [1.54, 1.807) is 0 Å². The van der Waals surface area contributed by atoms with Gasteiger partial charge in [-0.2, -0.15) is 0 Å². The van der Waals surface area contributed by atoms with Crippen molar-refractivity contribution < 1.29 is 14.3 Å². The average Bonchev–Trinajstić information content (AvgIpc) is 2.98. The first-order valence-electron chi connectivity index (χ1n) is 7.67. The number of carbonyl (C=O) groups excluding carboxylic acids is 2. The number of halogens is 1. The molecule has 2 aliphatic rings. The van der Waals surface area contributed by atoms with Gasteiger partial charge in [-0.3, -0.25) is 9.59 Å². The summed E-state index contributed by atoms with van der Waals surface area (Å²) in [6.45, 7) is 3.24. The Labute approximate surface area is 148 Å². The van der Waals surface area contributed by atoms with Gasteiger partial charge in [0.25, 0.3) is 0 Å². The highest BCUT2D eigenvalue weighted by Crippen LogP contribution is 2.31. The van der Waals surface area contributed by atoms with Gasteiger partial charge in [0.2, 0.25) is 11.8 Å². The van der Waals surface area contributed by atoms with Crippen molar-refractivity contribution in [1.82, 2.24) is 4.90 Å². The summed E-state index contributed by atoms with van der Waals surface area (Å²) in [5.41, 5.74) is 2.19. The highest BCUT2D eigenvalue weighted by Gasteiger charge is 2.25. The molecule has 2 aliphatic heterocycles. The van der Waals surface area contributed by atoms with Crippen molar-refractivity contribution in [3.63, 3.8) is 0 Å². The highest BCUT2D eigenvalue weighted by atomic mass is 79.9. The number of rotatable bonds is 4. The molecule has 23 heavy (non-hydrogen) atoms. The molecule has 2 heterocycles. The maximum atomic E-state index is 12.4. The molecular formula is C16H19BrN2O3S. The molecule has 5 nitrogen and oxygen atoms in total. The van der Waals surface area contributed by atoms with Crippen molar-refractivity contribution in [3.8, 4) is 0 Å². The Hall–Kier alpha value is -1.05. The zero-order valence-electron chi connectivity index (χ0n) is 12.8. The maximum Gasteiger partial charge on any atom is 0.237 e. The Bertz CT molecular complexity index is 605. The minimum atomic E-state index is 0.0710. The van der Waals surface area contributed by atoms with Crippen LogP contribution in [0.2, 0.25) is 0 Å². The number of benzene rings is 1. The molecule has 3 rings (SSSR count). The summed E-state index contributed by atoms with van der Waals surface area (Å²) in [6.07, 6.45) is 0.895. The number of hydrogen-bond donors (Lipinski definition) is 0. The van der Waals surface area contributed by atoms with Crippen molar-refractivity contribution in [1.29, 1.82) is 0 Å². The van der Waals surface area contributed by atoms with Crippen LogP contribution >= 0.6 is 27.7 Å². The molecule has 0 aromatic heterocycles. The molecule has 0 aliphatic carbocycles. The first kappa shape index (κ1) is 16.8. The Morgan fingerprint density at radius 3 is 2.65 bits per heavy atom. The number of thioether (sulfide) groups is 1. The molecule has 0 saturated carbocycles. The van der Waals surface area contributed by atoms with Gasteiger partial charge in [0.05, 0.1) is 24.7 Å². The van der Waals surface area contributed by atoms with E-state index in [9.17, 15) is 9.59 Å². The molecule has 1 saturated heterocycles. The van der Waals surface area contributed by atoms with Crippen LogP contribution in [0.5, 0.6) is 0 Å². The lowest BCUT2D eigenvalue weighted by Crippen LogP contribution is -2.41. The van der Waals surface area contributed by atoms with Crippen molar-refractivity contribution in [2.45, 2.75) is 6.42 Å². The second-order valence-electron chi connectivity index (χ2n) is 5.55. The normalized spacial score (nSPS) is 17.3. The molecule has 0 bridgehead atoms. The average molecular weight is 399 g/mol. The molecule has 1 fully saturated rings. The maximum absolute atomic E-state index is 12.4. The largest absolute Gasteiger partial charge is 0.378 e. The van der Waals surface area contributed by atoms with Gasteiger partial charge >= 0.3 is 0 Å². The third kappa shape index (κ3) is 4.08. The quantitative estimate of drug-likeness (QED) is 0.777. The molecule has 2 amide bonds. The van der Waals surface area contributed by atoms with E-state index in [4.69, 9.17) is 4.74 Å². The minimum absolute atomic E-state index is 0.0710. The number of hydrogen-bond acceptors (Lipinski definition) is 4. The second kappa shape index (κ2) is 7.68. The van der Waals surface area contributed by atoms with Gasteiger partial charge in [-0.25, -0.2) is 0 Å². The van der Waals surface area contributed by atoms with Gasteiger partial charge in [-0.05, 0) is 24.1 Å². The monoisotopic (exact) mass is 398 g/mol. The number of nitrogens with zero attached hydrogens (tertiary/aromatic N) is 2. The zero-order chi connectivity index (χ0) is 16.2. The number of ether oxygens (including phenoxy) is 1. The number of morpholine rings is 1. The number of fused-ring (bicyclic) bond motifs is 1. The topological polar surface area (TPSA) is 49.9 Å². The SMILES string of the molecule is O=C(CSCC(=O)N1CCc2ccc(Br)cc21)N1CCOCC1. The number of amides is 2. The fraction of sp³-hybridized carbons (Fsp3) is 0.500. The minimum Gasteiger partial charge on any atom is -0.378 e. The summed E-state index contributed by atoms with van der Waals surface area (Å²) < 4.78 is 6.22. The van der Waals surface area contributed by atoms with Gasteiger partial charge in [0.1, 0.15) is 0 Å². The van der Waals surface area contributed by atoms with Crippen LogP contribution in [0.3, 0.4) is 0 Å². The summed E-state index contributed by atoms with van der Waals surface area (Å²) in [6, 6.07) is 6.05. The van der Waals surface area contributed by atoms with Crippen LogP contribution in [-0.2, 0) is 20.7 Å². The van der Waals surface area contributed by atoms with E-state index < -0.39 is 0 Å². The Morgan fingerprint density at radius 2 is 1.87 bits per heavy atom. The molecular weight excluding hydrogens is 380 g/mol. The number of anilines is 1. The van der Waals surface area contributed by atoms with E-state index in [2.05, 4.69) is 22.0 Å². The standard InChI is InChI=1S/C16H19BrN2O3S/c17-13-2-1-12-3-4-19(14(12)9-13)16(21)11-23-10-15(20)18-5-7-22-8-6-18/h1-2,9H,3-8,10-11H2. The van der Waals surface area contributed by atoms with Crippen LogP contribution in [0.15, 0.2) is 22.7 Å². The van der Waals surface area contributed by atoms with E-state index in [0.717, 1.165) is 23.1 Å². The lowest BCUT2D eigenvalue weighted by molar-refractivity contribution is -0.132. The van der Waals surface area contributed by atoms with Gasteiger partial charge in [0.15, 0.2) is 0 Å². The van der Waals surface area contributed by atoms with E-state index in [1.807, 2.05) is 21.9 Å². The molecule has 0 atom stereocenters. The van der Waals surface area contributed by atoms with Crippen molar-refractivity contribution in [2.24, 2.45) is 0 Å². The van der Waals surface area contributed by atoms with Crippen LogP contribution in [0.1, 0.15) is 5.56 Å². The smallest absolute Gasteiger partial charge is 0.237 e. The van der Waals surface area contributed by atoms with Gasteiger partial charge < -0.3 is 14.5 Å². The van der Waals surface area contributed by atoms with Crippen molar-refractivity contribution >= 4 is 45.2 Å². The molecule has 0 unspecified atom stereocenters. The summed E-state index contributed by atoms with van der Waals surface area (Å²) in [4.78, 5) is 28.1. The summed E-state index contributed by atoms with van der Waals surface area (Å²) >= 11 is 4.85. The summed E-state index contributed by atoms with van der Waals surface area (Å²) in [5.74, 6) is 0.852. The molecule has 0 spiro atoms. The molecule has 7 heteroatoms. The summed E-state index contributed by atoms with van der Waals surface area (Å²) in [5, 5.41) is 0. The second-order valence-corrected chi connectivity index (χ2v) is 7.46. The first-order valence-corrected chi connectivity index (χ1v) is 9.62. The zero-order valence-corrected chi connectivity index (χ0v) is 15.2. The predicted molar refractivity (Wildman–Crippen MR) is 94.9 cm³/mol. The first-order chi connectivity index (χ1) is 11.1. The van der Waals surface area contributed by atoms with E-state index >= 15 is 0 Å². The number of carbonyl (C=O) groups is 2. The van der Waals surface area contributed by atoms with Crippen molar-refractivity contribution in [2.75, 3.05) is 49.3 Å². The predicted octanol–water partition coefficient (Wildman–Crippen LogP) is 1.93. The van der Waals surface area contributed by atoms with Crippen LogP contribution in [-0.4, -0.2) is 61.1 Å². The van der Waals surface area contributed by atoms with Gasteiger partial charge in [-0.15, -0.1) is 11.8 Å². The lowest BCUT2D eigenvalue weighted by atomic mass is 10.2. The molecule has 0 radical (unpaired) electrons. The van der Waals surface area contributed by atoms with Crippen LogP contribution < -0.4 is 4.90 Å². The highest BCUT2D eigenvalue weighted by molar-refractivity contribution is 9.10. The van der Waals surface area contributed by atoms with Crippen LogP contribution in [0.25, 0.3) is 0 Å². The van der Waals surface area contributed by atoms with Crippen LogP contribution in [0.4, 0.5) is 5.69 Å². The van der Waals surface area contributed by atoms with E-state index in [0.29, 0.717) is 37.8 Å². The fourth-order valence-corrected chi connectivity index (χ4v) is 3.96. The molecule has 1 aromatic rings. The summed E-state index contributed by atoms with van der Waals surface area (Å²) in [7, 11) is 0. The Morgan fingerprint density at radius 1 is 1.13 bits per heavy atom. The van der Waals surface area contributed by atoms with Gasteiger partial charge in [0, 0.05) is 29.8 Å². The molecule has 124 valence electrons. The molecule has 1 aromatic carbocycles. The Kier molecular flexibility index (Phi) is 5.61.